The Morgan fingerprint density at radius 2 is 2.13 bits per heavy atom. The van der Waals surface area contributed by atoms with Gasteiger partial charge in [-0.25, -0.2) is 9.98 Å². The number of aromatic nitrogens is 1. The molecular formula is C23H24N4O3. The van der Waals surface area contributed by atoms with E-state index in [4.69, 9.17) is 14.5 Å². The van der Waals surface area contributed by atoms with Gasteiger partial charge in [-0.05, 0) is 68.7 Å². The highest BCUT2D eigenvalue weighted by molar-refractivity contribution is 6.14. The number of rotatable bonds is 4. The van der Waals surface area contributed by atoms with Gasteiger partial charge in [-0.15, -0.1) is 0 Å². The number of hydrogen-bond donors (Lipinski definition) is 2. The van der Waals surface area contributed by atoms with Crippen LogP contribution in [0.3, 0.4) is 0 Å². The van der Waals surface area contributed by atoms with Gasteiger partial charge in [0.2, 0.25) is 5.96 Å². The Hall–Kier alpha value is -3.22. The molecule has 2 aromatic rings. The fourth-order valence-corrected chi connectivity index (χ4v) is 4.70. The highest BCUT2D eigenvalue weighted by atomic mass is 16.5. The van der Waals surface area contributed by atoms with Crippen LogP contribution in [-0.2, 0) is 4.79 Å². The van der Waals surface area contributed by atoms with E-state index in [1.807, 2.05) is 38.1 Å². The van der Waals surface area contributed by atoms with Gasteiger partial charge in [0.25, 0.3) is 0 Å². The smallest absolute Gasteiger partial charge is 0.307 e. The first-order chi connectivity index (χ1) is 14.5. The van der Waals surface area contributed by atoms with E-state index in [2.05, 4.69) is 16.5 Å². The molecule has 3 unspecified atom stereocenters. The van der Waals surface area contributed by atoms with Gasteiger partial charge >= 0.3 is 5.97 Å². The second-order valence-corrected chi connectivity index (χ2v) is 8.23. The zero-order chi connectivity index (χ0) is 20.8. The molecule has 0 saturated heterocycles. The number of guanidine groups is 1. The van der Waals surface area contributed by atoms with Crippen LogP contribution in [0.1, 0.15) is 60.2 Å². The number of nitrogens with one attached hydrogen (secondary N) is 1. The lowest BCUT2D eigenvalue weighted by Crippen LogP contribution is -2.31. The maximum absolute atomic E-state index is 11.4. The molecule has 0 amide bonds. The van der Waals surface area contributed by atoms with E-state index in [9.17, 15) is 9.90 Å². The van der Waals surface area contributed by atoms with Gasteiger partial charge in [-0.1, -0.05) is 23.4 Å². The molecule has 2 heterocycles. The topological polar surface area (TPSA) is 100 Å². The van der Waals surface area contributed by atoms with Gasteiger partial charge in [0.1, 0.15) is 11.8 Å². The van der Waals surface area contributed by atoms with E-state index in [0.717, 1.165) is 65.2 Å². The highest BCUT2D eigenvalue weighted by Gasteiger charge is 2.37. The number of carboxylic acid groups (broad SMARTS) is 1. The van der Waals surface area contributed by atoms with Crippen molar-refractivity contribution in [2.75, 3.05) is 5.32 Å². The Bertz CT molecular complexity index is 1090. The molecule has 2 N–H and O–H groups in total. The van der Waals surface area contributed by atoms with Gasteiger partial charge in [-0.2, -0.15) is 0 Å². The summed E-state index contributed by atoms with van der Waals surface area (Å²) in [5, 5.41) is 16.8. The molecule has 30 heavy (non-hydrogen) atoms. The molecule has 0 radical (unpaired) electrons. The summed E-state index contributed by atoms with van der Waals surface area (Å²) in [6, 6.07) is 7.78. The summed E-state index contributed by atoms with van der Waals surface area (Å²) in [6.45, 7) is 3.86. The third kappa shape index (κ3) is 3.14. The van der Waals surface area contributed by atoms with Crippen LogP contribution in [0.25, 0.3) is 0 Å². The number of carbonyl (C=O) groups is 1. The average molecular weight is 404 g/mol. The van der Waals surface area contributed by atoms with Crippen LogP contribution < -0.4 is 5.32 Å². The van der Waals surface area contributed by atoms with Crippen molar-refractivity contribution < 1.29 is 14.4 Å². The van der Waals surface area contributed by atoms with Gasteiger partial charge in [0.15, 0.2) is 0 Å². The molecule has 3 atom stereocenters. The molecule has 2 aliphatic carbocycles. The molecule has 0 bridgehead atoms. The Balaban J connectivity index is 1.44. The van der Waals surface area contributed by atoms with Crippen LogP contribution in [-0.4, -0.2) is 27.9 Å². The normalized spacial score (nSPS) is 25.0. The lowest BCUT2D eigenvalue weighted by atomic mass is 9.70. The number of benzene rings is 1. The Labute approximate surface area is 174 Å². The van der Waals surface area contributed by atoms with Crippen LogP contribution in [0, 0.1) is 19.8 Å². The van der Waals surface area contributed by atoms with Crippen LogP contribution in [0.4, 0.5) is 5.69 Å². The maximum atomic E-state index is 11.4. The molecule has 1 aliphatic heterocycles. The minimum atomic E-state index is -0.712. The summed E-state index contributed by atoms with van der Waals surface area (Å²) in [7, 11) is 0. The average Bonchev–Trinajstić information content (AvgIpc) is 3.26. The predicted octanol–water partition coefficient (Wildman–Crippen LogP) is 4.55. The summed E-state index contributed by atoms with van der Waals surface area (Å²) in [5.41, 5.74) is 5.96. The van der Waals surface area contributed by atoms with Crippen LogP contribution >= 0.6 is 0 Å². The maximum Gasteiger partial charge on any atom is 0.307 e. The lowest BCUT2D eigenvalue weighted by molar-refractivity contribution is -0.145. The zero-order valence-corrected chi connectivity index (χ0v) is 17.1. The SMILES string of the molecule is Cc1noc(C)c1C1N=C(Nc2cccc(C3CCC3C(=O)O)c2)N=C2CCC=C21. The molecule has 7 heteroatoms. The predicted molar refractivity (Wildman–Crippen MR) is 114 cm³/mol. The number of anilines is 1. The minimum absolute atomic E-state index is 0.0725. The third-order valence-corrected chi connectivity index (χ3v) is 6.39. The number of aliphatic carboxylic acids is 1. The number of fused-ring (bicyclic) bond motifs is 1. The highest BCUT2D eigenvalue weighted by Crippen LogP contribution is 2.43. The van der Waals surface area contributed by atoms with E-state index in [1.54, 1.807) is 0 Å². The molecule has 154 valence electrons. The second-order valence-electron chi connectivity index (χ2n) is 8.23. The van der Waals surface area contributed by atoms with Crippen molar-refractivity contribution in [1.29, 1.82) is 0 Å². The number of allylic oxidation sites excluding steroid dienone is 1. The van der Waals surface area contributed by atoms with Crippen molar-refractivity contribution in [2.45, 2.75) is 51.5 Å². The Morgan fingerprint density at radius 3 is 2.83 bits per heavy atom. The van der Waals surface area contributed by atoms with E-state index in [-0.39, 0.29) is 17.9 Å². The zero-order valence-electron chi connectivity index (χ0n) is 17.1. The first-order valence-corrected chi connectivity index (χ1v) is 10.4. The van der Waals surface area contributed by atoms with Gasteiger partial charge < -0.3 is 14.9 Å². The molecule has 1 fully saturated rings. The van der Waals surface area contributed by atoms with Crippen LogP contribution in [0.5, 0.6) is 0 Å². The van der Waals surface area contributed by atoms with Crippen molar-refractivity contribution in [3.8, 4) is 0 Å². The molecule has 3 aliphatic rings. The van der Waals surface area contributed by atoms with E-state index in [0.29, 0.717) is 5.96 Å². The van der Waals surface area contributed by atoms with Gasteiger partial charge in [-0.3, -0.25) is 4.79 Å². The number of hydrogen-bond acceptors (Lipinski definition) is 6. The standard InChI is InChI=1S/C23H24N4O3/c1-12-20(13(2)30-27-12)21-18-7-4-8-19(18)25-23(26-21)24-15-6-3-5-14(11-15)16-9-10-17(16)22(28)29/h3,5-7,11,16-17,21H,4,8-10H2,1-2H3,(H,24,26)(H,28,29). The molecule has 7 nitrogen and oxygen atoms in total. The molecule has 0 spiro atoms. The minimum Gasteiger partial charge on any atom is -0.481 e. The van der Waals surface area contributed by atoms with Crippen molar-refractivity contribution in [2.24, 2.45) is 15.9 Å². The number of carboxylic acids is 1. The van der Waals surface area contributed by atoms with Crippen LogP contribution in [0.15, 0.2) is 50.4 Å². The first kappa shape index (κ1) is 18.8. The fraction of sp³-hybridized carbons (Fsp3) is 0.391. The largest absolute Gasteiger partial charge is 0.481 e. The monoisotopic (exact) mass is 404 g/mol. The van der Waals surface area contributed by atoms with E-state index >= 15 is 0 Å². The van der Waals surface area contributed by atoms with Crippen molar-refractivity contribution >= 4 is 23.3 Å². The second kappa shape index (κ2) is 7.23. The number of aryl methyl sites for hydroxylation is 2. The van der Waals surface area contributed by atoms with Crippen molar-refractivity contribution in [3.63, 3.8) is 0 Å². The molecule has 1 aromatic carbocycles. The Morgan fingerprint density at radius 1 is 1.27 bits per heavy atom. The summed E-state index contributed by atoms with van der Waals surface area (Å²) in [5.74, 6) is 0.414. The molecule has 5 rings (SSSR count). The number of aliphatic imine (C=N–C) groups is 2. The number of nitrogens with zero attached hydrogens (tertiary/aromatic N) is 3. The molecular weight excluding hydrogens is 380 g/mol. The van der Waals surface area contributed by atoms with Gasteiger partial charge in [0.05, 0.1) is 17.3 Å². The third-order valence-electron chi connectivity index (χ3n) is 6.39. The quantitative estimate of drug-likeness (QED) is 0.778. The molecule has 1 aromatic heterocycles. The summed E-state index contributed by atoms with van der Waals surface area (Å²) >= 11 is 0. The van der Waals surface area contributed by atoms with Crippen molar-refractivity contribution in [1.82, 2.24) is 5.16 Å². The first-order valence-electron chi connectivity index (χ1n) is 10.4. The van der Waals surface area contributed by atoms with E-state index < -0.39 is 5.97 Å². The summed E-state index contributed by atoms with van der Waals surface area (Å²) in [6.07, 6.45) is 5.72. The summed E-state index contributed by atoms with van der Waals surface area (Å²) in [4.78, 5) is 21.0. The van der Waals surface area contributed by atoms with Gasteiger partial charge in [0, 0.05) is 11.3 Å². The Kier molecular flexibility index (Phi) is 4.53. The van der Waals surface area contributed by atoms with Crippen LogP contribution in [0.2, 0.25) is 0 Å². The summed E-state index contributed by atoms with van der Waals surface area (Å²) < 4.78 is 5.39. The fourth-order valence-electron chi connectivity index (χ4n) is 4.70. The lowest BCUT2D eigenvalue weighted by Gasteiger charge is -2.34. The van der Waals surface area contributed by atoms with Crippen molar-refractivity contribution in [3.05, 3.63) is 58.5 Å². The molecule has 1 saturated carbocycles. The van der Waals surface area contributed by atoms with E-state index in [1.165, 1.54) is 0 Å².